The van der Waals surface area contributed by atoms with Crippen molar-refractivity contribution in [2.45, 2.75) is 26.3 Å². The van der Waals surface area contributed by atoms with Crippen molar-refractivity contribution in [3.63, 3.8) is 0 Å². The van der Waals surface area contributed by atoms with Crippen molar-refractivity contribution in [2.75, 3.05) is 51.8 Å². The number of ether oxygens (including phenoxy) is 2. The summed E-state index contributed by atoms with van der Waals surface area (Å²) >= 11 is 0. The smallest absolute Gasteiger partial charge is 0.243 e. The molecule has 0 bridgehead atoms. The van der Waals surface area contributed by atoms with Gasteiger partial charge in [0.2, 0.25) is 11.8 Å². The van der Waals surface area contributed by atoms with Crippen molar-refractivity contribution in [3.05, 3.63) is 53.6 Å². The predicted octanol–water partition coefficient (Wildman–Crippen LogP) is 2.46. The molecule has 0 aromatic heterocycles. The maximum Gasteiger partial charge on any atom is 0.243 e. The number of carbonyl (C=O) groups excluding carboxylic acids is 2. The second-order valence-corrected chi connectivity index (χ2v) is 8.57. The Bertz CT molecular complexity index is 1060. The number of nitrogens with one attached hydrogen (secondary N) is 2. The zero-order valence-electron chi connectivity index (χ0n) is 20.4. The van der Waals surface area contributed by atoms with E-state index in [0.717, 1.165) is 48.7 Å². The van der Waals surface area contributed by atoms with E-state index in [1.54, 1.807) is 7.11 Å². The van der Waals surface area contributed by atoms with Gasteiger partial charge in [-0.25, -0.2) is 5.01 Å². The number of nitrogens with zero attached hydrogens (tertiary/aromatic N) is 3. The lowest BCUT2D eigenvalue weighted by molar-refractivity contribution is -0.132. The molecule has 0 unspecified atom stereocenters. The highest BCUT2D eigenvalue weighted by atomic mass is 16.5. The lowest BCUT2D eigenvalue weighted by Gasteiger charge is -2.26. The minimum atomic E-state index is -0.0222. The first-order chi connectivity index (χ1) is 17.1. The molecule has 9 heteroatoms. The number of methoxy groups -OCH3 is 1. The Hall–Kier alpha value is -3.43. The minimum Gasteiger partial charge on any atom is -0.493 e. The van der Waals surface area contributed by atoms with Gasteiger partial charge < -0.3 is 20.1 Å². The fourth-order valence-corrected chi connectivity index (χ4v) is 4.20. The van der Waals surface area contributed by atoms with E-state index in [0.29, 0.717) is 44.0 Å². The maximum absolute atomic E-state index is 12.6. The van der Waals surface area contributed by atoms with Gasteiger partial charge in [0.1, 0.15) is 0 Å². The molecule has 0 saturated carbocycles. The van der Waals surface area contributed by atoms with Crippen molar-refractivity contribution >= 4 is 23.2 Å². The summed E-state index contributed by atoms with van der Waals surface area (Å²) in [6, 6.07) is 13.3. The first kappa shape index (κ1) is 24.7. The molecule has 4 rings (SSSR count). The molecule has 2 aromatic rings. The molecule has 2 amide bonds. The third kappa shape index (κ3) is 6.58. The summed E-state index contributed by atoms with van der Waals surface area (Å²) in [6.07, 6.45) is 0.972. The average molecular weight is 480 g/mol. The van der Waals surface area contributed by atoms with E-state index in [1.165, 1.54) is 5.01 Å². The second kappa shape index (κ2) is 11.8. The zero-order chi connectivity index (χ0) is 24.6. The molecule has 2 aromatic carbocycles. The van der Waals surface area contributed by atoms with Crippen LogP contribution in [0.25, 0.3) is 0 Å². The Kier molecular flexibility index (Phi) is 8.33. The summed E-state index contributed by atoms with van der Waals surface area (Å²) in [5.41, 5.74) is 3.43. The zero-order valence-corrected chi connectivity index (χ0v) is 20.4. The van der Waals surface area contributed by atoms with Gasteiger partial charge in [0.25, 0.3) is 0 Å². The summed E-state index contributed by atoms with van der Waals surface area (Å²) in [4.78, 5) is 27.0. The first-order valence-corrected chi connectivity index (χ1v) is 12.1. The molecule has 2 aliphatic heterocycles. The van der Waals surface area contributed by atoms with Crippen LogP contribution in [-0.4, -0.2) is 73.9 Å². The van der Waals surface area contributed by atoms with Crippen LogP contribution in [0, 0.1) is 0 Å². The molecule has 0 aliphatic carbocycles. The van der Waals surface area contributed by atoms with E-state index in [1.807, 2.05) is 49.4 Å². The van der Waals surface area contributed by atoms with E-state index in [2.05, 4.69) is 20.6 Å². The number of hydrogen-bond donors (Lipinski definition) is 2. The molecule has 0 radical (unpaired) electrons. The van der Waals surface area contributed by atoms with Gasteiger partial charge in [-0.15, -0.1) is 0 Å². The van der Waals surface area contributed by atoms with Gasteiger partial charge in [-0.1, -0.05) is 12.1 Å². The highest BCUT2D eigenvalue weighted by molar-refractivity contribution is 6.04. The molecule has 35 heavy (non-hydrogen) atoms. The van der Waals surface area contributed by atoms with Crippen molar-refractivity contribution in [1.29, 1.82) is 0 Å². The number of hydrogen-bond acceptors (Lipinski definition) is 7. The maximum atomic E-state index is 12.6. The van der Waals surface area contributed by atoms with Gasteiger partial charge in [-0.2, -0.15) is 5.10 Å². The molecule has 2 heterocycles. The Morgan fingerprint density at radius 1 is 1.09 bits per heavy atom. The fraction of sp³-hybridized carbons (Fsp3) is 0.423. The third-order valence-electron chi connectivity index (χ3n) is 6.05. The summed E-state index contributed by atoms with van der Waals surface area (Å²) in [5.74, 6) is 1.29. The van der Waals surface area contributed by atoms with Gasteiger partial charge in [0.15, 0.2) is 11.5 Å². The van der Waals surface area contributed by atoms with Crippen LogP contribution in [0.4, 0.5) is 5.69 Å². The van der Waals surface area contributed by atoms with Crippen LogP contribution in [0.5, 0.6) is 11.5 Å². The van der Waals surface area contributed by atoms with Crippen LogP contribution in [0.3, 0.4) is 0 Å². The average Bonchev–Trinajstić information content (AvgIpc) is 2.87. The van der Waals surface area contributed by atoms with E-state index in [4.69, 9.17) is 9.47 Å². The lowest BCUT2D eigenvalue weighted by atomic mass is 10.0. The normalized spacial score (nSPS) is 16.6. The van der Waals surface area contributed by atoms with Gasteiger partial charge in [-0.05, 0) is 42.8 Å². The van der Waals surface area contributed by atoms with Crippen LogP contribution in [0.2, 0.25) is 0 Å². The number of benzene rings is 2. The fourth-order valence-electron chi connectivity index (χ4n) is 4.20. The molecule has 0 atom stereocenters. The van der Waals surface area contributed by atoms with Crippen molar-refractivity contribution in [2.24, 2.45) is 5.10 Å². The third-order valence-corrected chi connectivity index (χ3v) is 6.05. The number of anilines is 1. The van der Waals surface area contributed by atoms with Crippen LogP contribution in [0.1, 0.15) is 30.9 Å². The number of hydrazone groups is 1. The number of rotatable bonds is 9. The molecular formula is C26H33N5O4. The second-order valence-electron chi connectivity index (χ2n) is 8.57. The van der Waals surface area contributed by atoms with Crippen molar-refractivity contribution in [1.82, 2.24) is 15.2 Å². The SMILES string of the molecule is CCOc1cc(C2=NN(Cc3ccc(NC(=O)CN4CCNCC4)cc3)C(=O)CC2)ccc1OC. The van der Waals surface area contributed by atoms with Crippen LogP contribution in [0.15, 0.2) is 47.6 Å². The van der Waals surface area contributed by atoms with Crippen molar-refractivity contribution in [3.8, 4) is 11.5 Å². The molecular weight excluding hydrogens is 446 g/mol. The highest BCUT2D eigenvalue weighted by Gasteiger charge is 2.22. The van der Waals surface area contributed by atoms with Gasteiger partial charge in [0.05, 0.1) is 32.5 Å². The van der Waals surface area contributed by atoms with E-state index < -0.39 is 0 Å². The Labute approximate surface area is 206 Å². The van der Waals surface area contributed by atoms with E-state index >= 15 is 0 Å². The van der Waals surface area contributed by atoms with E-state index in [9.17, 15) is 9.59 Å². The first-order valence-electron chi connectivity index (χ1n) is 12.1. The monoisotopic (exact) mass is 479 g/mol. The molecule has 9 nitrogen and oxygen atoms in total. The largest absolute Gasteiger partial charge is 0.493 e. The van der Waals surface area contributed by atoms with Crippen LogP contribution in [-0.2, 0) is 16.1 Å². The van der Waals surface area contributed by atoms with Crippen LogP contribution < -0.4 is 20.1 Å². The summed E-state index contributed by atoms with van der Waals surface area (Å²) in [6.45, 7) is 6.79. The molecule has 1 saturated heterocycles. The summed E-state index contributed by atoms with van der Waals surface area (Å²) in [5, 5.41) is 12.4. The minimum absolute atomic E-state index is 0.0132. The molecule has 2 N–H and O–H groups in total. The van der Waals surface area contributed by atoms with E-state index in [-0.39, 0.29) is 11.8 Å². The quantitative estimate of drug-likeness (QED) is 0.574. The Balaban J connectivity index is 1.39. The lowest BCUT2D eigenvalue weighted by Crippen LogP contribution is -2.46. The van der Waals surface area contributed by atoms with Gasteiger partial charge in [-0.3, -0.25) is 14.5 Å². The topological polar surface area (TPSA) is 95.5 Å². The van der Waals surface area contributed by atoms with Gasteiger partial charge >= 0.3 is 0 Å². The van der Waals surface area contributed by atoms with Crippen LogP contribution >= 0.6 is 0 Å². The van der Waals surface area contributed by atoms with Crippen molar-refractivity contribution < 1.29 is 19.1 Å². The van der Waals surface area contributed by atoms with Gasteiger partial charge in [0, 0.05) is 50.3 Å². The predicted molar refractivity (Wildman–Crippen MR) is 135 cm³/mol. The molecule has 1 fully saturated rings. The molecule has 2 aliphatic rings. The molecule has 186 valence electrons. The number of amides is 2. The Morgan fingerprint density at radius 3 is 2.57 bits per heavy atom. The standard InChI is InChI=1S/C26H33N5O4/c1-3-35-24-16-20(6-10-23(24)34-2)22-9-11-26(33)31(29-22)17-19-4-7-21(8-5-19)28-25(32)18-30-14-12-27-13-15-30/h4-8,10,16,27H,3,9,11-15,17-18H2,1-2H3,(H,28,32). The highest BCUT2D eigenvalue weighted by Crippen LogP contribution is 2.30. The molecule has 0 spiro atoms. The number of carbonyl (C=O) groups is 2. The summed E-state index contributed by atoms with van der Waals surface area (Å²) in [7, 11) is 1.61. The number of piperazine rings is 1. The summed E-state index contributed by atoms with van der Waals surface area (Å²) < 4.78 is 11.1. The Morgan fingerprint density at radius 2 is 1.86 bits per heavy atom.